The molecule has 0 aliphatic heterocycles. The van der Waals surface area contributed by atoms with Crippen LogP contribution in [0.3, 0.4) is 0 Å². The summed E-state index contributed by atoms with van der Waals surface area (Å²) in [5.41, 5.74) is 0. The minimum atomic E-state index is 0.374. The molecule has 12 heavy (non-hydrogen) atoms. The van der Waals surface area contributed by atoms with Crippen molar-refractivity contribution in [1.82, 2.24) is 5.32 Å². The first-order chi connectivity index (χ1) is 5.54. The van der Waals surface area contributed by atoms with Crippen molar-refractivity contribution in [3.8, 4) is 0 Å². The van der Waals surface area contributed by atoms with Gasteiger partial charge >= 0.3 is 0 Å². The maximum Gasteiger partial charge on any atom is 0.0594 e. The summed E-state index contributed by atoms with van der Waals surface area (Å²) in [5.74, 6) is 0.615. The maximum atomic E-state index is 5.59. The molecular weight excluding hydrogens is 150 g/mol. The Balaban J connectivity index is 3.20. The molecule has 0 fully saturated rings. The van der Waals surface area contributed by atoms with Gasteiger partial charge in [0.15, 0.2) is 0 Å². The Kier molecular flexibility index (Phi) is 6.39. The zero-order valence-corrected chi connectivity index (χ0v) is 9.05. The smallest absolute Gasteiger partial charge is 0.0594 e. The quantitative estimate of drug-likeness (QED) is 0.621. The highest BCUT2D eigenvalue weighted by Crippen LogP contribution is 2.03. The molecule has 0 bridgehead atoms. The summed E-state index contributed by atoms with van der Waals surface area (Å²) in [6, 6.07) is 0.558. The van der Waals surface area contributed by atoms with Crippen molar-refractivity contribution >= 4 is 0 Å². The van der Waals surface area contributed by atoms with Gasteiger partial charge in [0.1, 0.15) is 0 Å². The van der Waals surface area contributed by atoms with Gasteiger partial charge in [-0.05, 0) is 12.8 Å². The Labute approximate surface area is 76.7 Å². The van der Waals surface area contributed by atoms with Crippen molar-refractivity contribution in [2.24, 2.45) is 5.92 Å². The normalized spacial score (nSPS) is 14.2. The highest BCUT2D eigenvalue weighted by Gasteiger charge is 2.05. The van der Waals surface area contributed by atoms with E-state index >= 15 is 0 Å². The number of nitrogens with one attached hydrogen (secondary N) is 1. The van der Waals surface area contributed by atoms with Gasteiger partial charge in [0, 0.05) is 12.6 Å². The van der Waals surface area contributed by atoms with Crippen LogP contribution in [0.15, 0.2) is 0 Å². The highest BCUT2D eigenvalue weighted by atomic mass is 16.5. The molecule has 0 radical (unpaired) electrons. The number of hydrogen-bond donors (Lipinski definition) is 1. The lowest BCUT2D eigenvalue weighted by atomic mass is 10.1. The van der Waals surface area contributed by atoms with Crippen LogP contribution in [0.25, 0.3) is 0 Å². The van der Waals surface area contributed by atoms with Gasteiger partial charge in [0.2, 0.25) is 0 Å². The first-order valence-electron chi connectivity index (χ1n) is 4.89. The third-order valence-electron chi connectivity index (χ3n) is 1.97. The van der Waals surface area contributed by atoms with Crippen LogP contribution < -0.4 is 5.32 Å². The van der Waals surface area contributed by atoms with E-state index in [1.807, 2.05) is 0 Å². The minimum Gasteiger partial charge on any atom is -0.377 e. The molecular formula is C10H23NO. The Morgan fingerprint density at radius 1 is 1.08 bits per heavy atom. The van der Waals surface area contributed by atoms with Crippen molar-refractivity contribution in [3.05, 3.63) is 0 Å². The van der Waals surface area contributed by atoms with E-state index in [0.29, 0.717) is 18.1 Å². The second-order valence-corrected chi connectivity index (χ2v) is 3.93. The molecule has 74 valence electrons. The monoisotopic (exact) mass is 173 g/mol. The summed E-state index contributed by atoms with van der Waals surface area (Å²) in [7, 11) is 0. The predicted molar refractivity (Wildman–Crippen MR) is 53.4 cm³/mol. The van der Waals surface area contributed by atoms with Gasteiger partial charge in [0.25, 0.3) is 0 Å². The van der Waals surface area contributed by atoms with Gasteiger partial charge in [-0.3, -0.25) is 0 Å². The summed E-state index contributed by atoms with van der Waals surface area (Å²) in [4.78, 5) is 0. The molecule has 0 rings (SSSR count). The van der Waals surface area contributed by atoms with Gasteiger partial charge in [0.05, 0.1) is 12.7 Å². The van der Waals surface area contributed by atoms with Crippen LogP contribution >= 0.6 is 0 Å². The molecule has 2 nitrogen and oxygen atoms in total. The van der Waals surface area contributed by atoms with Crippen LogP contribution in [0.2, 0.25) is 0 Å². The van der Waals surface area contributed by atoms with E-state index in [-0.39, 0.29) is 0 Å². The molecule has 0 spiro atoms. The largest absolute Gasteiger partial charge is 0.377 e. The molecule has 0 saturated carbocycles. The minimum absolute atomic E-state index is 0.374. The van der Waals surface area contributed by atoms with Crippen molar-refractivity contribution in [2.75, 3.05) is 13.2 Å². The standard InChI is InChI=1S/C10H23NO/c1-8(2)10(5)12-7-6-11-9(3)4/h8-11H,6-7H2,1-5H3. The van der Waals surface area contributed by atoms with Crippen molar-refractivity contribution in [3.63, 3.8) is 0 Å². The molecule has 0 aromatic carbocycles. The van der Waals surface area contributed by atoms with Crippen LogP contribution in [0.4, 0.5) is 0 Å². The Hall–Kier alpha value is -0.0800. The third kappa shape index (κ3) is 6.62. The average molecular weight is 173 g/mol. The zero-order valence-electron chi connectivity index (χ0n) is 9.05. The Morgan fingerprint density at radius 2 is 1.67 bits per heavy atom. The van der Waals surface area contributed by atoms with E-state index < -0.39 is 0 Å². The lowest BCUT2D eigenvalue weighted by molar-refractivity contribution is 0.0367. The number of ether oxygens (including phenoxy) is 1. The van der Waals surface area contributed by atoms with E-state index in [0.717, 1.165) is 13.2 Å². The Morgan fingerprint density at radius 3 is 2.08 bits per heavy atom. The summed E-state index contributed by atoms with van der Waals surface area (Å²) in [5, 5.41) is 3.31. The topological polar surface area (TPSA) is 21.3 Å². The van der Waals surface area contributed by atoms with Gasteiger partial charge in [-0.1, -0.05) is 27.7 Å². The molecule has 0 saturated heterocycles. The fraction of sp³-hybridized carbons (Fsp3) is 1.00. The average Bonchev–Trinajstić information content (AvgIpc) is 1.97. The highest BCUT2D eigenvalue weighted by molar-refractivity contribution is 4.56. The van der Waals surface area contributed by atoms with E-state index in [1.54, 1.807) is 0 Å². The summed E-state index contributed by atoms with van der Waals surface area (Å²) in [6.07, 6.45) is 0.374. The first kappa shape index (κ1) is 11.9. The molecule has 0 amide bonds. The van der Waals surface area contributed by atoms with Crippen LogP contribution in [-0.2, 0) is 4.74 Å². The Bertz CT molecular complexity index is 102. The van der Waals surface area contributed by atoms with Crippen LogP contribution in [0.5, 0.6) is 0 Å². The first-order valence-corrected chi connectivity index (χ1v) is 4.89. The van der Waals surface area contributed by atoms with Gasteiger partial charge in [-0.25, -0.2) is 0 Å². The molecule has 1 atom stereocenters. The number of rotatable bonds is 6. The van der Waals surface area contributed by atoms with Crippen LogP contribution in [0, 0.1) is 5.92 Å². The van der Waals surface area contributed by atoms with Gasteiger partial charge < -0.3 is 10.1 Å². The molecule has 1 N–H and O–H groups in total. The van der Waals surface area contributed by atoms with Crippen LogP contribution in [-0.4, -0.2) is 25.3 Å². The van der Waals surface area contributed by atoms with E-state index in [9.17, 15) is 0 Å². The molecule has 0 aliphatic rings. The lowest BCUT2D eigenvalue weighted by Crippen LogP contribution is -2.28. The lowest BCUT2D eigenvalue weighted by Gasteiger charge is -2.17. The van der Waals surface area contributed by atoms with Gasteiger partial charge in [-0.15, -0.1) is 0 Å². The van der Waals surface area contributed by atoms with Crippen molar-refractivity contribution in [2.45, 2.75) is 46.8 Å². The molecule has 0 aliphatic carbocycles. The van der Waals surface area contributed by atoms with E-state index in [4.69, 9.17) is 4.74 Å². The van der Waals surface area contributed by atoms with E-state index in [1.165, 1.54) is 0 Å². The second-order valence-electron chi connectivity index (χ2n) is 3.93. The zero-order chi connectivity index (χ0) is 9.56. The molecule has 0 heterocycles. The van der Waals surface area contributed by atoms with Crippen molar-refractivity contribution in [1.29, 1.82) is 0 Å². The number of hydrogen-bond acceptors (Lipinski definition) is 2. The maximum absolute atomic E-state index is 5.59. The molecule has 0 aromatic rings. The molecule has 1 unspecified atom stereocenters. The summed E-state index contributed by atoms with van der Waals surface area (Å²) < 4.78 is 5.59. The fourth-order valence-electron chi connectivity index (χ4n) is 0.785. The fourth-order valence-corrected chi connectivity index (χ4v) is 0.785. The molecule has 0 aromatic heterocycles. The summed E-state index contributed by atoms with van der Waals surface area (Å²) >= 11 is 0. The van der Waals surface area contributed by atoms with Crippen LogP contribution in [0.1, 0.15) is 34.6 Å². The third-order valence-corrected chi connectivity index (χ3v) is 1.97. The van der Waals surface area contributed by atoms with Crippen molar-refractivity contribution < 1.29 is 4.74 Å². The molecule has 2 heteroatoms. The second kappa shape index (κ2) is 6.44. The SMILES string of the molecule is CC(C)NCCOC(C)C(C)C. The summed E-state index contributed by atoms with van der Waals surface area (Å²) in [6.45, 7) is 12.5. The van der Waals surface area contributed by atoms with E-state index in [2.05, 4.69) is 39.9 Å². The predicted octanol–water partition coefficient (Wildman–Crippen LogP) is 2.05. The van der Waals surface area contributed by atoms with Gasteiger partial charge in [-0.2, -0.15) is 0 Å².